The second-order valence-corrected chi connectivity index (χ2v) is 40.1. The van der Waals surface area contributed by atoms with E-state index in [-0.39, 0.29) is 171 Å². The molecule has 144 heavy (non-hydrogen) atoms. The lowest BCUT2D eigenvalue weighted by Crippen LogP contribution is -2.55. The molecular weight excluding hydrogens is 1820 g/mol. The Labute approximate surface area is 832 Å². The third-order valence-corrected chi connectivity index (χ3v) is 30.2. The van der Waals surface area contributed by atoms with E-state index in [1.165, 1.54) is 12.5 Å². The van der Waals surface area contributed by atoms with E-state index in [0.29, 0.717) is 72.4 Å². The van der Waals surface area contributed by atoms with Crippen molar-refractivity contribution in [2.45, 2.75) is 215 Å². The molecule has 6 atom stereocenters. The molecule has 2 aromatic heterocycles. The molecule has 6 unspecified atom stereocenters. The number of fused-ring (bicyclic) bond motifs is 2. The topological polar surface area (TPSA) is 266 Å². The summed E-state index contributed by atoms with van der Waals surface area (Å²) in [5, 5.41) is 1.54. The number of imide groups is 2. The molecule has 8 heterocycles. The smallest absolute Gasteiger partial charge is 0.262 e. The summed E-state index contributed by atoms with van der Waals surface area (Å²) in [6.45, 7) is 2.77. The zero-order valence-electron chi connectivity index (χ0n) is 79.8. The van der Waals surface area contributed by atoms with Crippen LogP contribution in [0.1, 0.15) is 216 Å². The van der Waals surface area contributed by atoms with Gasteiger partial charge in [0, 0.05) is 92.9 Å². The number of ether oxygens (including phenoxy) is 12. The van der Waals surface area contributed by atoms with Gasteiger partial charge in [-0.1, -0.05) is 126 Å². The Kier molecular flexibility index (Phi) is 24.4. The molecule has 0 N–H and O–H groups in total. The van der Waals surface area contributed by atoms with Gasteiger partial charge >= 0.3 is 0 Å². The molecule has 4 saturated heterocycles. The summed E-state index contributed by atoms with van der Waals surface area (Å²) in [4.78, 5) is 110. The first kappa shape index (κ1) is 90.5. The maximum absolute atomic E-state index is 17.6. The molecule has 0 spiro atoms. The molecule has 25 rings (SSSR count). The van der Waals surface area contributed by atoms with Crippen LogP contribution in [0.5, 0.6) is 92.0 Å². The standard InChI is InChI=1S/C120H108N4O20/c125-115-95-63-101(141-83-45-37-79(38-46-83)137-87-31-13-19-71(55-87)59-91-67-133-91)107-109-103(143-85-49-41-81(42-50-85)139-89-33-15-21-73(57-89)61-93-69-135-93)65-97-106-98(118(128)124(117(97)127)114(100-36-18-54-132-100)120(130)122(77-27-9-3-10-28-77)78-29-11-4-12-30-78)66-104(144-86-51-43-82(44-52-86)140-90-34-16-22-74(58-90)62-94-70-136-94)110(112(106)109)108-102(142-84-47-39-80(40-48-84)138-88-32-14-20-72(56-88)60-92-68-134-92)64-96(105(95)111(107)108)116(126)123(115)113(99-35-17-53-131-99)119(129)121(75-23-5-1-6-24-75)76-25-7-2-8-26-76/h13-22,31-58,63-66,75-78,91-94,113-114H,1-12,23-30,59-62,67-70H2. The molecule has 728 valence electrons. The monoisotopic (exact) mass is 1920 g/mol. The number of amides is 6. The number of nitrogens with zero attached hydrogens (tertiary/aromatic N) is 4. The van der Waals surface area contributed by atoms with Crippen molar-refractivity contribution < 1.29 is 94.4 Å². The minimum Gasteiger partial charge on any atom is -0.467 e. The molecule has 4 aliphatic carbocycles. The first-order valence-electron chi connectivity index (χ1n) is 51.3. The van der Waals surface area contributed by atoms with Crippen LogP contribution in [0, 0.1) is 0 Å². The highest BCUT2D eigenvalue weighted by molar-refractivity contribution is 6.45. The molecule has 6 amide bonds. The minimum atomic E-state index is -1.64. The van der Waals surface area contributed by atoms with Crippen LogP contribution in [-0.2, 0) is 54.2 Å². The fourth-order valence-electron chi connectivity index (χ4n) is 23.1. The second-order valence-electron chi connectivity index (χ2n) is 40.1. The van der Waals surface area contributed by atoms with Crippen LogP contribution >= 0.6 is 0 Å². The second kappa shape index (κ2) is 38.8. The van der Waals surface area contributed by atoms with Crippen LogP contribution in [0.15, 0.2) is 264 Å². The van der Waals surface area contributed by atoms with Crippen molar-refractivity contribution in [3.63, 3.8) is 0 Å². The van der Waals surface area contributed by atoms with Gasteiger partial charge in [-0.05, 0) is 268 Å². The van der Waals surface area contributed by atoms with Gasteiger partial charge < -0.3 is 75.5 Å². The Morgan fingerprint density at radius 1 is 0.264 bits per heavy atom. The van der Waals surface area contributed by atoms with Gasteiger partial charge in [0.25, 0.3) is 35.4 Å². The lowest BCUT2D eigenvalue weighted by Gasteiger charge is -2.44. The van der Waals surface area contributed by atoms with Gasteiger partial charge in [-0.15, -0.1) is 0 Å². The number of benzene rings is 13. The number of hydrogen-bond donors (Lipinski definition) is 0. The number of carbonyl (C=O) groups is 6. The van der Waals surface area contributed by atoms with E-state index in [1.807, 2.05) is 107 Å². The van der Waals surface area contributed by atoms with Crippen molar-refractivity contribution >= 4 is 78.5 Å². The van der Waals surface area contributed by atoms with Crippen LogP contribution in [0.2, 0.25) is 0 Å². The van der Waals surface area contributed by atoms with E-state index in [0.717, 1.165) is 186 Å². The number of hydrogen-bond acceptors (Lipinski definition) is 20. The van der Waals surface area contributed by atoms with Crippen molar-refractivity contribution in [2.75, 3.05) is 26.4 Å². The van der Waals surface area contributed by atoms with Gasteiger partial charge in [0.2, 0.25) is 0 Å². The lowest BCUT2D eigenvalue weighted by molar-refractivity contribution is -0.144. The van der Waals surface area contributed by atoms with Gasteiger partial charge in [-0.2, -0.15) is 0 Å². The highest BCUT2D eigenvalue weighted by Gasteiger charge is 2.52. The quantitative estimate of drug-likeness (QED) is 0.0157. The average molecular weight is 1930 g/mol. The summed E-state index contributed by atoms with van der Waals surface area (Å²) >= 11 is 0. The molecule has 15 aromatic rings. The van der Waals surface area contributed by atoms with Crippen LogP contribution in [0.3, 0.4) is 0 Å². The Morgan fingerprint density at radius 2 is 0.493 bits per heavy atom. The van der Waals surface area contributed by atoms with E-state index in [9.17, 15) is 0 Å². The van der Waals surface area contributed by atoms with E-state index in [1.54, 1.807) is 146 Å². The summed E-state index contributed by atoms with van der Waals surface area (Å²) in [5.74, 6) is 1.30. The fraction of sp³-hybridized carbons (Fsp3) is 0.317. The number of epoxide rings is 4. The molecule has 24 nitrogen and oxygen atoms in total. The van der Waals surface area contributed by atoms with E-state index >= 15 is 28.8 Å². The van der Waals surface area contributed by atoms with Crippen LogP contribution in [0.25, 0.3) is 43.1 Å². The minimum absolute atomic E-state index is 0.0132. The molecule has 0 radical (unpaired) electrons. The zero-order valence-corrected chi connectivity index (χ0v) is 79.8. The Hall–Kier alpha value is -14.8. The van der Waals surface area contributed by atoms with Gasteiger partial charge in [0.1, 0.15) is 104 Å². The van der Waals surface area contributed by atoms with Gasteiger partial charge in [0.05, 0.1) is 85.6 Å². The van der Waals surface area contributed by atoms with Gasteiger partial charge in [0.15, 0.2) is 12.1 Å². The lowest BCUT2D eigenvalue weighted by atomic mass is 9.80. The summed E-state index contributed by atoms with van der Waals surface area (Å²) in [6, 6.07) is 69.0. The predicted octanol–water partition coefficient (Wildman–Crippen LogP) is 26.7. The highest BCUT2D eigenvalue weighted by Crippen LogP contribution is 2.60. The van der Waals surface area contributed by atoms with E-state index in [4.69, 9.17) is 65.7 Å². The Bertz CT molecular complexity index is 6580. The van der Waals surface area contributed by atoms with Gasteiger partial charge in [-0.25, -0.2) is 0 Å². The van der Waals surface area contributed by atoms with Crippen molar-refractivity contribution in [1.29, 1.82) is 0 Å². The number of furan rings is 2. The molecule has 4 saturated carbocycles. The predicted molar refractivity (Wildman–Crippen MR) is 539 cm³/mol. The molecule has 10 aliphatic rings. The fourth-order valence-corrected chi connectivity index (χ4v) is 23.1. The first-order valence-corrected chi connectivity index (χ1v) is 51.3. The molecule has 13 aromatic carbocycles. The van der Waals surface area contributed by atoms with Crippen LogP contribution in [-0.4, -0.2) is 130 Å². The van der Waals surface area contributed by atoms with Crippen molar-refractivity contribution in [1.82, 2.24) is 19.6 Å². The third kappa shape index (κ3) is 18.5. The summed E-state index contributed by atoms with van der Waals surface area (Å²) < 4.78 is 92.5. The highest BCUT2D eigenvalue weighted by atomic mass is 16.6. The largest absolute Gasteiger partial charge is 0.467 e. The normalized spacial score (nSPS) is 19.5. The first-order chi connectivity index (χ1) is 70.8. The molecule has 0 bridgehead atoms. The summed E-state index contributed by atoms with van der Waals surface area (Å²) in [6.07, 6.45) is 23.6. The molecule has 6 aliphatic heterocycles. The third-order valence-electron chi connectivity index (χ3n) is 30.2. The Morgan fingerprint density at radius 3 is 0.708 bits per heavy atom. The van der Waals surface area contributed by atoms with Crippen molar-refractivity contribution in [2.24, 2.45) is 0 Å². The molecule has 8 fully saturated rings. The summed E-state index contributed by atoms with van der Waals surface area (Å²) in [7, 11) is 0. The van der Waals surface area contributed by atoms with Crippen molar-refractivity contribution in [3.05, 3.63) is 311 Å². The van der Waals surface area contributed by atoms with Crippen molar-refractivity contribution in [3.8, 4) is 92.0 Å². The van der Waals surface area contributed by atoms with Crippen LogP contribution in [0.4, 0.5) is 0 Å². The maximum atomic E-state index is 17.6. The number of rotatable bonds is 34. The maximum Gasteiger partial charge on any atom is 0.262 e. The van der Waals surface area contributed by atoms with Gasteiger partial charge in [-0.3, -0.25) is 38.6 Å². The average Bonchev–Trinajstić information content (AvgIpc) is 1.51. The van der Waals surface area contributed by atoms with E-state index in [2.05, 4.69) is 0 Å². The molecule has 24 heteroatoms. The van der Waals surface area contributed by atoms with E-state index < -0.39 is 47.5 Å². The Balaban J connectivity index is 0.747. The number of carbonyl (C=O) groups excluding carboxylic acids is 6. The molecular formula is C120H108N4O20. The SMILES string of the molecule is O=C1c2cc(Oc3ccc(Oc4cccc(CC5CO5)c4)cc3)c3c4c(Oc5ccc(Oc6cccc(CC7CO7)c6)cc5)cc5c6c(cc(Oc7ccc(Oc8cccc(CC9CO9)c8)cc7)c(c7c(Oc8ccc(Oc9cccc(CC%10CO%10)c9)cc8)cc(c2c37)C(=O)N1C(C(=O)N(C1CCCCC1)C1CCCCC1)c1ccco1)c64)C(=O)N(C(C(=O)N(C1CCCCC1)C1CCCCC1)c1ccco1)C5=O. The van der Waals surface area contributed by atoms with Crippen LogP contribution < -0.4 is 37.9 Å². The summed E-state index contributed by atoms with van der Waals surface area (Å²) in [5.41, 5.74) is 4.03. The zero-order chi connectivity index (χ0) is 96.6.